The van der Waals surface area contributed by atoms with Gasteiger partial charge >= 0.3 is 5.97 Å². The van der Waals surface area contributed by atoms with Crippen molar-refractivity contribution in [3.05, 3.63) is 24.3 Å². The summed E-state index contributed by atoms with van der Waals surface area (Å²) in [6, 6.07) is 1.80. The van der Waals surface area contributed by atoms with Crippen molar-refractivity contribution in [2.24, 2.45) is 11.3 Å². The summed E-state index contributed by atoms with van der Waals surface area (Å²) in [5.41, 5.74) is -0.547. The van der Waals surface area contributed by atoms with Gasteiger partial charge in [0.05, 0.1) is 12.0 Å². The molecule has 0 radical (unpaired) electrons. The molecule has 2 aliphatic rings. The average molecular weight is 275 g/mol. The van der Waals surface area contributed by atoms with Crippen LogP contribution in [0.1, 0.15) is 37.9 Å². The molecule has 1 atom stereocenters. The van der Waals surface area contributed by atoms with E-state index in [0.29, 0.717) is 19.0 Å². The van der Waals surface area contributed by atoms with Gasteiger partial charge in [-0.05, 0) is 37.8 Å². The third kappa shape index (κ3) is 2.98. The number of aliphatic carboxylic acids is 1. The van der Waals surface area contributed by atoms with E-state index in [2.05, 4.69) is 14.9 Å². The largest absolute Gasteiger partial charge is 0.481 e. The number of piperidine rings is 1. The van der Waals surface area contributed by atoms with E-state index in [-0.39, 0.29) is 0 Å². The number of carboxylic acid groups (broad SMARTS) is 1. The first-order chi connectivity index (χ1) is 9.68. The summed E-state index contributed by atoms with van der Waals surface area (Å²) in [6.07, 6.45) is 8.49. The lowest BCUT2D eigenvalue weighted by Gasteiger charge is -2.39. The Morgan fingerprint density at radius 2 is 2.15 bits per heavy atom. The van der Waals surface area contributed by atoms with Crippen LogP contribution >= 0.6 is 0 Å². The fourth-order valence-corrected chi connectivity index (χ4v) is 3.28. The van der Waals surface area contributed by atoms with E-state index in [0.717, 1.165) is 31.6 Å². The molecule has 3 rings (SSSR count). The Hall–Kier alpha value is -1.49. The maximum atomic E-state index is 11.8. The minimum atomic E-state index is -0.622. The van der Waals surface area contributed by atoms with Crippen molar-refractivity contribution < 1.29 is 9.90 Å². The molecule has 0 amide bonds. The average Bonchev–Trinajstić information content (AvgIpc) is 3.24. The van der Waals surface area contributed by atoms with E-state index in [1.54, 1.807) is 18.5 Å². The number of likely N-dealkylation sites (tertiary alicyclic amines) is 1. The summed E-state index contributed by atoms with van der Waals surface area (Å²) >= 11 is 0. The van der Waals surface area contributed by atoms with E-state index >= 15 is 0 Å². The van der Waals surface area contributed by atoms with E-state index in [1.807, 2.05) is 0 Å². The van der Waals surface area contributed by atoms with E-state index in [4.69, 9.17) is 0 Å². The molecule has 5 heteroatoms. The minimum absolute atomic E-state index is 0.547. The maximum absolute atomic E-state index is 11.8. The molecule has 1 aliphatic heterocycles. The highest BCUT2D eigenvalue weighted by molar-refractivity contribution is 5.75. The van der Waals surface area contributed by atoms with Gasteiger partial charge in [0.15, 0.2) is 0 Å². The zero-order valence-corrected chi connectivity index (χ0v) is 11.7. The first kappa shape index (κ1) is 13.5. The minimum Gasteiger partial charge on any atom is -0.481 e. The molecule has 1 saturated heterocycles. The molecular formula is C15H21N3O2. The molecule has 5 nitrogen and oxygen atoms in total. The van der Waals surface area contributed by atoms with Crippen molar-refractivity contribution >= 4 is 5.97 Å². The van der Waals surface area contributed by atoms with Gasteiger partial charge in [0.2, 0.25) is 0 Å². The normalized spacial score (nSPS) is 27.4. The Bertz CT molecular complexity index is 475. The zero-order chi connectivity index (χ0) is 14.0. The molecule has 1 saturated carbocycles. The molecule has 0 unspecified atom stereocenters. The third-order valence-electron chi connectivity index (χ3n) is 4.47. The SMILES string of the molecule is O=C(O)[C@]1(CC2CC2)CCCN(Cc2ncccn2)C1. The standard InChI is InChI=1S/C15H21N3O2/c19-14(20)15(9-12-3-4-12)5-1-8-18(11-15)10-13-16-6-2-7-17-13/h2,6-7,12H,1,3-5,8-11H2,(H,19,20)/t15-/m0/s1. The number of aromatic nitrogens is 2. The van der Waals surface area contributed by atoms with Crippen LogP contribution in [-0.4, -0.2) is 39.0 Å². The maximum Gasteiger partial charge on any atom is 0.310 e. The van der Waals surface area contributed by atoms with Crippen LogP contribution in [0.5, 0.6) is 0 Å². The van der Waals surface area contributed by atoms with Gasteiger partial charge in [0, 0.05) is 18.9 Å². The predicted molar refractivity (Wildman–Crippen MR) is 74.0 cm³/mol. The van der Waals surface area contributed by atoms with Gasteiger partial charge in [-0.1, -0.05) is 12.8 Å². The molecule has 1 N–H and O–H groups in total. The number of nitrogens with zero attached hydrogens (tertiary/aromatic N) is 3. The first-order valence-electron chi connectivity index (χ1n) is 7.40. The molecule has 0 bridgehead atoms. The van der Waals surface area contributed by atoms with Crippen LogP contribution in [0.4, 0.5) is 0 Å². The zero-order valence-electron chi connectivity index (χ0n) is 11.7. The third-order valence-corrected chi connectivity index (χ3v) is 4.47. The Morgan fingerprint density at radius 1 is 1.40 bits per heavy atom. The predicted octanol–water partition coefficient (Wildman–Crippen LogP) is 1.94. The van der Waals surface area contributed by atoms with Gasteiger partial charge in [-0.3, -0.25) is 9.69 Å². The van der Waals surface area contributed by atoms with Gasteiger partial charge < -0.3 is 5.11 Å². The van der Waals surface area contributed by atoms with Crippen LogP contribution in [-0.2, 0) is 11.3 Å². The van der Waals surface area contributed by atoms with Crippen LogP contribution < -0.4 is 0 Å². The molecule has 2 fully saturated rings. The molecule has 1 aromatic rings. The van der Waals surface area contributed by atoms with Gasteiger partial charge in [0.25, 0.3) is 0 Å². The number of carbonyl (C=O) groups is 1. The van der Waals surface area contributed by atoms with Crippen molar-refractivity contribution in [1.29, 1.82) is 0 Å². The Kier molecular flexibility index (Phi) is 3.70. The Labute approximate surface area is 119 Å². The first-order valence-corrected chi connectivity index (χ1v) is 7.40. The quantitative estimate of drug-likeness (QED) is 0.889. The van der Waals surface area contributed by atoms with Crippen LogP contribution in [0.25, 0.3) is 0 Å². The van der Waals surface area contributed by atoms with Gasteiger partial charge in [-0.25, -0.2) is 9.97 Å². The molecule has 1 aromatic heterocycles. The Morgan fingerprint density at radius 3 is 2.80 bits per heavy atom. The van der Waals surface area contributed by atoms with Gasteiger partial charge in [-0.15, -0.1) is 0 Å². The van der Waals surface area contributed by atoms with Crippen molar-refractivity contribution in [2.75, 3.05) is 13.1 Å². The monoisotopic (exact) mass is 275 g/mol. The number of rotatable bonds is 5. The van der Waals surface area contributed by atoms with E-state index in [9.17, 15) is 9.90 Å². The second-order valence-corrected chi connectivity index (χ2v) is 6.21. The highest BCUT2D eigenvalue weighted by atomic mass is 16.4. The van der Waals surface area contributed by atoms with Crippen LogP contribution in [0.15, 0.2) is 18.5 Å². The molecule has 2 heterocycles. The summed E-state index contributed by atoms with van der Waals surface area (Å²) in [6.45, 7) is 2.23. The van der Waals surface area contributed by atoms with Crippen LogP contribution in [0.2, 0.25) is 0 Å². The molecule has 108 valence electrons. The fraction of sp³-hybridized carbons (Fsp3) is 0.667. The number of carboxylic acids is 1. The number of hydrogen-bond donors (Lipinski definition) is 1. The molecule has 0 spiro atoms. The summed E-state index contributed by atoms with van der Waals surface area (Å²) in [5.74, 6) is 0.794. The lowest BCUT2D eigenvalue weighted by atomic mass is 9.75. The fourth-order valence-electron chi connectivity index (χ4n) is 3.28. The van der Waals surface area contributed by atoms with Crippen molar-refractivity contribution in [3.8, 4) is 0 Å². The second kappa shape index (κ2) is 5.48. The topological polar surface area (TPSA) is 66.3 Å². The summed E-state index contributed by atoms with van der Waals surface area (Å²) in [4.78, 5) is 22.5. The lowest BCUT2D eigenvalue weighted by Crippen LogP contribution is -2.48. The second-order valence-electron chi connectivity index (χ2n) is 6.21. The van der Waals surface area contributed by atoms with Crippen LogP contribution in [0.3, 0.4) is 0 Å². The Balaban J connectivity index is 1.69. The molecule has 0 aromatic carbocycles. The molecule has 20 heavy (non-hydrogen) atoms. The van der Waals surface area contributed by atoms with Crippen LogP contribution in [0, 0.1) is 11.3 Å². The summed E-state index contributed by atoms with van der Waals surface area (Å²) in [7, 11) is 0. The highest BCUT2D eigenvalue weighted by Gasteiger charge is 2.45. The van der Waals surface area contributed by atoms with Crippen molar-refractivity contribution in [2.45, 2.75) is 38.6 Å². The van der Waals surface area contributed by atoms with Gasteiger partial charge in [0.1, 0.15) is 5.82 Å². The molecular weight excluding hydrogens is 254 g/mol. The lowest BCUT2D eigenvalue weighted by molar-refractivity contribution is -0.153. The molecule has 1 aliphatic carbocycles. The smallest absolute Gasteiger partial charge is 0.310 e. The summed E-state index contributed by atoms with van der Waals surface area (Å²) in [5, 5.41) is 9.69. The van der Waals surface area contributed by atoms with Gasteiger partial charge in [-0.2, -0.15) is 0 Å². The van der Waals surface area contributed by atoms with Crippen molar-refractivity contribution in [3.63, 3.8) is 0 Å². The van der Waals surface area contributed by atoms with E-state index < -0.39 is 11.4 Å². The van der Waals surface area contributed by atoms with Crippen molar-refractivity contribution in [1.82, 2.24) is 14.9 Å². The summed E-state index contributed by atoms with van der Waals surface area (Å²) < 4.78 is 0. The number of hydrogen-bond acceptors (Lipinski definition) is 4. The highest BCUT2D eigenvalue weighted by Crippen LogP contribution is 2.45. The van der Waals surface area contributed by atoms with E-state index in [1.165, 1.54) is 12.8 Å².